The predicted octanol–water partition coefficient (Wildman–Crippen LogP) is 7.50. The third kappa shape index (κ3) is 2.23. The van der Waals surface area contributed by atoms with E-state index in [2.05, 4.69) is 88.9 Å². The van der Waals surface area contributed by atoms with Gasteiger partial charge in [-0.05, 0) is 97.8 Å². The third-order valence-electron chi connectivity index (χ3n) is 8.64. The van der Waals surface area contributed by atoms with E-state index >= 15 is 0 Å². The van der Waals surface area contributed by atoms with Crippen LogP contribution in [0.2, 0.25) is 0 Å². The van der Waals surface area contributed by atoms with E-state index in [1.165, 1.54) is 83.8 Å². The molecular weight excluding hydrogens is 424 g/mol. The molecule has 2 heteroatoms. The highest BCUT2D eigenvalue weighted by Crippen LogP contribution is 2.56. The molecule has 0 saturated carbocycles. The van der Waals surface area contributed by atoms with Gasteiger partial charge in [0.05, 0.1) is 23.3 Å². The van der Waals surface area contributed by atoms with Gasteiger partial charge in [-0.1, -0.05) is 54.6 Å². The quantitative estimate of drug-likeness (QED) is 0.240. The number of hydrogen-bond acceptors (Lipinski definition) is 2. The summed E-state index contributed by atoms with van der Waals surface area (Å²) in [7, 11) is 0. The summed E-state index contributed by atoms with van der Waals surface area (Å²) in [6.07, 6.45) is 8.04. The van der Waals surface area contributed by atoms with Crippen molar-refractivity contribution in [2.24, 2.45) is 0 Å². The smallest absolute Gasteiger partial charge is 0.0680 e. The van der Waals surface area contributed by atoms with E-state index < -0.39 is 0 Å². The fourth-order valence-corrected chi connectivity index (χ4v) is 7.20. The van der Waals surface area contributed by atoms with E-state index in [9.17, 15) is 0 Å². The van der Waals surface area contributed by atoms with Crippen LogP contribution in [0, 0.1) is 0 Å². The van der Waals surface area contributed by atoms with Gasteiger partial charge in [0, 0.05) is 19.0 Å². The molecule has 5 aromatic rings. The number of anilines is 3. The Morgan fingerprint density at radius 1 is 0.543 bits per heavy atom. The number of pyridine rings is 1. The Bertz CT molecular complexity index is 1760. The van der Waals surface area contributed by atoms with Crippen LogP contribution in [0.1, 0.15) is 44.5 Å². The summed E-state index contributed by atoms with van der Waals surface area (Å²) in [6, 6.07) is 27.4. The summed E-state index contributed by atoms with van der Waals surface area (Å²) in [4.78, 5) is 7.11. The van der Waals surface area contributed by atoms with Crippen molar-refractivity contribution in [3.63, 3.8) is 0 Å². The van der Waals surface area contributed by atoms with Crippen molar-refractivity contribution in [1.29, 1.82) is 0 Å². The molecule has 0 N–H and O–H groups in total. The zero-order valence-electron chi connectivity index (χ0n) is 19.3. The minimum Gasteiger partial charge on any atom is -0.308 e. The van der Waals surface area contributed by atoms with E-state index in [1.54, 1.807) is 0 Å². The lowest BCUT2D eigenvalue weighted by molar-refractivity contribution is 0.986. The molecule has 0 unspecified atom stereocenters. The minimum absolute atomic E-state index is 0.968. The van der Waals surface area contributed by atoms with Crippen molar-refractivity contribution in [2.45, 2.75) is 25.7 Å². The van der Waals surface area contributed by atoms with Gasteiger partial charge in [0.2, 0.25) is 0 Å². The maximum Gasteiger partial charge on any atom is 0.0680 e. The fourth-order valence-electron chi connectivity index (χ4n) is 7.20. The van der Waals surface area contributed by atoms with E-state index in [1.807, 2.05) is 6.20 Å². The molecule has 9 rings (SSSR count). The number of benzene rings is 4. The van der Waals surface area contributed by atoms with Crippen LogP contribution in [0.15, 0.2) is 85.2 Å². The van der Waals surface area contributed by atoms with Crippen molar-refractivity contribution < 1.29 is 0 Å². The monoisotopic (exact) mass is 446 g/mol. The second kappa shape index (κ2) is 6.28. The predicted molar refractivity (Wildman–Crippen MR) is 141 cm³/mol. The van der Waals surface area contributed by atoms with Gasteiger partial charge >= 0.3 is 0 Å². The first-order valence-corrected chi connectivity index (χ1v) is 12.6. The standard InChI is InChI=1S/C33H22N2/c1-3-7-24-20(6-1)15-27-26(24)16-23-14-21-11-12-34-18-31(21)35-30-10-9-22-13-19-5-2-4-8-25(19)32(22)29(30)17-28(27)33(23)35/h1-12,16,18H,13-15,17H2. The van der Waals surface area contributed by atoms with Crippen molar-refractivity contribution in [2.75, 3.05) is 4.90 Å². The number of aromatic nitrogens is 1. The van der Waals surface area contributed by atoms with E-state index in [4.69, 9.17) is 0 Å². The fraction of sp³-hybridized carbons (Fsp3) is 0.121. The van der Waals surface area contributed by atoms with Crippen molar-refractivity contribution in [3.05, 3.63) is 130 Å². The second-order valence-corrected chi connectivity index (χ2v) is 10.3. The summed E-state index contributed by atoms with van der Waals surface area (Å²) in [5.74, 6) is 0. The lowest BCUT2D eigenvalue weighted by atomic mass is 9.80. The number of rotatable bonds is 0. The average molecular weight is 447 g/mol. The molecule has 0 amide bonds. The van der Waals surface area contributed by atoms with Crippen LogP contribution in [0.25, 0.3) is 22.3 Å². The SMILES string of the molecule is c1ccc2c(c1)Cc1c-2cc2c3c1Cc1c(ccc4c1-c1ccccc1C4)N3c1cnccc1C2. The lowest BCUT2D eigenvalue weighted by Crippen LogP contribution is -2.26. The minimum atomic E-state index is 0.968. The van der Waals surface area contributed by atoms with Gasteiger partial charge in [-0.2, -0.15) is 0 Å². The van der Waals surface area contributed by atoms with Gasteiger partial charge < -0.3 is 4.90 Å². The zero-order valence-corrected chi connectivity index (χ0v) is 19.3. The highest BCUT2D eigenvalue weighted by atomic mass is 15.2. The zero-order chi connectivity index (χ0) is 22.7. The van der Waals surface area contributed by atoms with Crippen LogP contribution in [0.5, 0.6) is 0 Å². The highest BCUT2D eigenvalue weighted by molar-refractivity contribution is 5.97. The maximum atomic E-state index is 4.57. The molecule has 2 aliphatic carbocycles. The molecule has 0 bridgehead atoms. The molecule has 2 nitrogen and oxygen atoms in total. The molecule has 0 radical (unpaired) electrons. The molecule has 1 aromatic heterocycles. The molecule has 2 aliphatic heterocycles. The van der Waals surface area contributed by atoms with E-state index in [0.29, 0.717) is 0 Å². The normalized spacial score (nSPS) is 14.9. The third-order valence-corrected chi connectivity index (χ3v) is 8.64. The Morgan fingerprint density at radius 3 is 2.26 bits per heavy atom. The van der Waals surface area contributed by atoms with Gasteiger partial charge in [0.25, 0.3) is 0 Å². The molecule has 0 fully saturated rings. The molecule has 4 aliphatic rings. The largest absolute Gasteiger partial charge is 0.308 e. The first kappa shape index (κ1) is 18.2. The molecule has 164 valence electrons. The van der Waals surface area contributed by atoms with Crippen LogP contribution >= 0.6 is 0 Å². The Labute approximate surface area is 204 Å². The number of nitrogens with zero attached hydrogens (tertiary/aromatic N) is 2. The summed E-state index contributed by atoms with van der Waals surface area (Å²) < 4.78 is 0. The van der Waals surface area contributed by atoms with Crippen molar-refractivity contribution in [3.8, 4) is 22.3 Å². The van der Waals surface area contributed by atoms with Gasteiger partial charge in [-0.3, -0.25) is 4.98 Å². The Morgan fingerprint density at radius 2 is 1.34 bits per heavy atom. The van der Waals surface area contributed by atoms with Crippen LogP contribution in [-0.4, -0.2) is 4.98 Å². The second-order valence-electron chi connectivity index (χ2n) is 10.3. The molecule has 3 heterocycles. The Balaban J connectivity index is 1.38. The first-order chi connectivity index (χ1) is 17.3. The molecule has 4 aromatic carbocycles. The summed E-state index contributed by atoms with van der Waals surface area (Å²) in [6.45, 7) is 0. The number of hydrogen-bond donors (Lipinski definition) is 0. The first-order valence-electron chi connectivity index (χ1n) is 12.6. The van der Waals surface area contributed by atoms with Crippen molar-refractivity contribution in [1.82, 2.24) is 4.98 Å². The molecule has 0 spiro atoms. The summed E-state index contributed by atoms with van der Waals surface area (Å²) in [5, 5.41) is 0. The topological polar surface area (TPSA) is 16.1 Å². The van der Waals surface area contributed by atoms with E-state index in [0.717, 1.165) is 25.7 Å². The average Bonchev–Trinajstić information content (AvgIpc) is 3.47. The highest BCUT2D eigenvalue weighted by Gasteiger charge is 2.38. The lowest BCUT2D eigenvalue weighted by Gasteiger charge is -2.41. The number of fused-ring (bicyclic) bond motifs is 12. The molecule has 35 heavy (non-hydrogen) atoms. The Kier molecular flexibility index (Phi) is 3.27. The molecule has 0 atom stereocenters. The van der Waals surface area contributed by atoms with Crippen molar-refractivity contribution >= 4 is 17.1 Å². The summed E-state index contributed by atoms with van der Waals surface area (Å²) >= 11 is 0. The van der Waals surface area contributed by atoms with E-state index in [-0.39, 0.29) is 0 Å². The molecule has 0 saturated heterocycles. The maximum absolute atomic E-state index is 4.57. The van der Waals surface area contributed by atoms with Gasteiger partial charge in [0.15, 0.2) is 0 Å². The Hall–Kier alpha value is -4.17. The summed E-state index contributed by atoms with van der Waals surface area (Å²) in [5.41, 5.74) is 21.4. The van der Waals surface area contributed by atoms with Crippen LogP contribution in [0.3, 0.4) is 0 Å². The van der Waals surface area contributed by atoms with Crippen LogP contribution < -0.4 is 4.90 Å². The molecular formula is C33H22N2. The van der Waals surface area contributed by atoms with Gasteiger partial charge in [-0.15, -0.1) is 0 Å². The van der Waals surface area contributed by atoms with Crippen LogP contribution in [-0.2, 0) is 25.7 Å². The van der Waals surface area contributed by atoms with Gasteiger partial charge in [-0.25, -0.2) is 0 Å². The van der Waals surface area contributed by atoms with Gasteiger partial charge in [0.1, 0.15) is 0 Å². The van der Waals surface area contributed by atoms with Crippen LogP contribution in [0.4, 0.5) is 17.1 Å².